The molecule has 0 aromatic heterocycles. The van der Waals surface area contributed by atoms with Gasteiger partial charge in [0.05, 0.1) is 7.11 Å². The van der Waals surface area contributed by atoms with Gasteiger partial charge >= 0.3 is 0 Å². The van der Waals surface area contributed by atoms with Crippen molar-refractivity contribution in [3.05, 3.63) is 54.1 Å². The van der Waals surface area contributed by atoms with Gasteiger partial charge in [0.25, 0.3) is 0 Å². The van der Waals surface area contributed by atoms with Gasteiger partial charge in [-0.2, -0.15) is 0 Å². The Morgan fingerprint density at radius 2 is 1.42 bits per heavy atom. The zero-order valence-electron chi connectivity index (χ0n) is 12.0. The second kappa shape index (κ2) is 6.42. The van der Waals surface area contributed by atoms with Crippen LogP contribution in [-0.2, 0) is 6.42 Å². The number of benzene rings is 2. The van der Waals surface area contributed by atoms with Crippen LogP contribution in [0.1, 0.15) is 25.8 Å². The molecule has 1 heteroatoms. The standard InChI is InChI=1S/C18H22O/c1-4-14(2)13-15-5-7-16(8-6-15)17-9-11-18(19-3)12-10-17/h5-12,14H,4,13H2,1-3H3. The molecule has 0 spiro atoms. The van der Waals surface area contributed by atoms with Crippen LogP contribution in [0.4, 0.5) is 0 Å². The zero-order chi connectivity index (χ0) is 13.7. The Bertz CT molecular complexity index is 496. The van der Waals surface area contributed by atoms with Gasteiger partial charge in [0.2, 0.25) is 0 Å². The molecule has 2 aromatic rings. The van der Waals surface area contributed by atoms with E-state index in [4.69, 9.17) is 4.74 Å². The van der Waals surface area contributed by atoms with Crippen molar-refractivity contribution in [1.82, 2.24) is 0 Å². The van der Waals surface area contributed by atoms with Gasteiger partial charge in [-0.25, -0.2) is 0 Å². The number of hydrogen-bond donors (Lipinski definition) is 0. The lowest BCUT2D eigenvalue weighted by atomic mass is 9.97. The lowest BCUT2D eigenvalue weighted by molar-refractivity contribution is 0.415. The average Bonchev–Trinajstić information content (AvgIpc) is 2.48. The molecule has 19 heavy (non-hydrogen) atoms. The SMILES string of the molecule is CCC(C)Cc1ccc(-c2ccc(OC)cc2)cc1. The number of rotatable bonds is 5. The van der Waals surface area contributed by atoms with Crippen LogP contribution in [0.25, 0.3) is 11.1 Å². The fraction of sp³-hybridized carbons (Fsp3) is 0.333. The maximum atomic E-state index is 5.18. The predicted molar refractivity (Wildman–Crippen MR) is 81.6 cm³/mol. The molecule has 1 unspecified atom stereocenters. The van der Waals surface area contributed by atoms with Crippen molar-refractivity contribution >= 4 is 0 Å². The summed E-state index contributed by atoms with van der Waals surface area (Å²) in [6.45, 7) is 4.55. The molecule has 0 bridgehead atoms. The summed E-state index contributed by atoms with van der Waals surface area (Å²) in [6.07, 6.45) is 2.40. The van der Waals surface area contributed by atoms with E-state index in [0.29, 0.717) is 0 Å². The van der Waals surface area contributed by atoms with Crippen molar-refractivity contribution < 1.29 is 4.74 Å². The first kappa shape index (κ1) is 13.7. The van der Waals surface area contributed by atoms with E-state index in [0.717, 1.165) is 11.7 Å². The van der Waals surface area contributed by atoms with Crippen molar-refractivity contribution in [3.63, 3.8) is 0 Å². The summed E-state index contributed by atoms with van der Waals surface area (Å²) >= 11 is 0. The van der Waals surface area contributed by atoms with Crippen LogP contribution in [0.5, 0.6) is 5.75 Å². The Hall–Kier alpha value is -1.76. The molecule has 0 fully saturated rings. The van der Waals surface area contributed by atoms with Crippen molar-refractivity contribution in [2.75, 3.05) is 7.11 Å². The highest BCUT2D eigenvalue weighted by Gasteiger charge is 2.02. The maximum absolute atomic E-state index is 5.18. The summed E-state index contributed by atoms with van der Waals surface area (Å²) in [5.41, 5.74) is 3.91. The molecule has 2 aromatic carbocycles. The fourth-order valence-electron chi connectivity index (χ4n) is 2.16. The third-order valence-corrected chi connectivity index (χ3v) is 3.66. The summed E-state index contributed by atoms with van der Waals surface area (Å²) in [5.74, 6) is 1.66. The van der Waals surface area contributed by atoms with Crippen molar-refractivity contribution in [3.8, 4) is 16.9 Å². The van der Waals surface area contributed by atoms with Gasteiger partial charge in [-0.3, -0.25) is 0 Å². The normalized spacial score (nSPS) is 12.2. The predicted octanol–water partition coefficient (Wildman–Crippen LogP) is 4.95. The van der Waals surface area contributed by atoms with E-state index < -0.39 is 0 Å². The molecule has 0 amide bonds. The third kappa shape index (κ3) is 3.60. The lowest BCUT2D eigenvalue weighted by Gasteiger charge is -2.09. The van der Waals surface area contributed by atoms with E-state index in [-0.39, 0.29) is 0 Å². The first-order valence-electron chi connectivity index (χ1n) is 6.96. The van der Waals surface area contributed by atoms with Gasteiger partial charge in [0, 0.05) is 0 Å². The van der Waals surface area contributed by atoms with Gasteiger partial charge in [0.15, 0.2) is 0 Å². The van der Waals surface area contributed by atoms with Crippen LogP contribution in [0, 0.1) is 5.92 Å². The summed E-state index contributed by atoms with van der Waals surface area (Å²) in [7, 11) is 1.69. The monoisotopic (exact) mass is 254 g/mol. The molecule has 0 N–H and O–H groups in total. The van der Waals surface area contributed by atoms with E-state index in [1.807, 2.05) is 12.1 Å². The molecule has 0 aliphatic rings. The molecule has 0 aliphatic heterocycles. The van der Waals surface area contributed by atoms with Gasteiger partial charge in [-0.1, -0.05) is 56.7 Å². The van der Waals surface area contributed by atoms with Crippen LogP contribution in [0.15, 0.2) is 48.5 Å². The minimum atomic E-state index is 0.756. The van der Waals surface area contributed by atoms with Crippen molar-refractivity contribution in [2.45, 2.75) is 26.7 Å². The van der Waals surface area contributed by atoms with Crippen LogP contribution < -0.4 is 4.74 Å². The lowest BCUT2D eigenvalue weighted by Crippen LogP contribution is -1.97. The quantitative estimate of drug-likeness (QED) is 0.733. The Morgan fingerprint density at radius 3 is 1.89 bits per heavy atom. The largest absolute Gasteiger partial charge is 0.497 e. The molecule has 2 rings (SSSR count). The fourth-order valence-corrected chi connectivity index (χ4v) is 2.16. The Labute approximate surface area is 116 Å². The smallest absolute Gasteiger partial charge is 0.118 e. The van der Waals surface area contributed by atoms with Crippen molar-refractivity contribution in [2.24, 2.45) is 5.92 Å². The molecule has 1 atom stereocenters. The highest BCUT2D eigenvalue weighted by molar-refractivity contribution is 5.64. The van der Waals surface area contributed by atoms with E-state index in [1.165, 1.54) is 29.5 Å². The molecule has 0 saturated carbocycles. The van der Waals surface area contributed by atoms with Crippen molar-refractivity contribution in [1.29, 1.82) is 0 Å². The first-order valence-corrected chi connectivity index (χ1v) is 6.96. The topological polar surface area (TPSA) is 9.23 Å². The van der Waals surface area contributed by atoms with Gasteiger partial charge < -0.3 is 4.74 Å². The molecule has 0 aliphatic carbocycles. The summed E-state index contributed by atoms with van der Waals surface area (Å²) in [4.78, 5) is 0. The number of ether oxygens (including phenoxy) is 1. The average molecular weight is 254 g/mol. The summed E-state index contributed by atoms with van der Waals surface area (Å²) < 4.78 is 5.18. The van der Waals surface area contributed by atoms with Gasteiger partial charge in [-0.05, 0) is 41.2 Å². The maximum Gasteiger partial charge on any atom is 0.118 e. The molecule has 0 saturated heterocycles. The van der Waals surface area contributed by atoms with Crippen LogP contribution >= 0.6 is 0 Å². The Kier molecular flexibility index (Phi) is 4.62. The second-order valence-electron chi connectivity index (χ2n) is 5.14. The van der Waals surface area contributed by atoms with Gasteiger partial charge in [0.1, 0.15) is 5.75 Å². The van der Waals surface area contributed by atoms with Crippen LogP contribution in [0.2, 0.25) is 0 Å². The highest BCUT2D eigenvalue weighted by atomic mass is 16.5. The Morgan fingerprint density at radius 1 is 0.895 bits per heavy atom. The minimum Gasteiger partial charge on any atom is -0.497 e. The second-order valence-corrected chi connectivity index (χ2v) is 5.14. The highest BCUT2D eigenvalue weighted by Crippen LogP contribution is 2.23. The zero-order valence-corrected chi connectivity index (χ0v) is 12.0. The summed E-state index contributed by atoms with van der Waals surface area (Å²) in [6, 6.07) is 17.1. The number of hydrogen-bond acceptors (Lipinski definition) is 1. The molecule has 0 heterocycles. The molecular formula is C18H22O. The van der Waals surface area contributed by atoms with E-state index in [9.17, 15) is 0 Å². The molecule has 0 radical (unpaired) electrons. The van der Waals surface area contributed by atoms with E-state index in [2.05, 4.69) is 50.2 Å². The third-order valence-electron chi connectivity index (χ3n) is 3.66. The van der Waals surface area contributed by atoms with E-state index in [1.54, 1.807) is 7.11 Å². The van der Waals surface area contributed by atoms with Crippen LogP contribution in [0.3, 0.4) is 0 Å². The first-order chi connectivity index (χ1) is 9.22. The van der Waals surface area contributed by atoms with Crippen LogP contribution in [-0.4, -0.2) is 7.11 Å². The minimum absolute atomic E-state index is 0.756. The Balaban J connectivity index is 2.12. The molecule has 1 nitrogen and oxygen atoms in total. The van der Waals surface area contributed by atoms with E-state index >= 15 is 0 Å². The number of methoxy groups -OCH3 is 1. The molecular weight excluding hydrogens is 232 g/mol. The molecule has 100 valence electrons. The van der Waals surface area contributed by atoms with Gasteiger partial charge in [-0.15, -0.1) is 0 Å². The summed E-state index contributed by atoms with van der Waals surface area (Å²) in [5, 5.41) is 0.